The Balaban J connectivity index is 1.54. The number of hydrogen-bond donors (Lipinski definition) is 1. The summed E-state index contributed by atoms with van der Waals surface area (Å²) in [6.07, 6.45) is 0. The fraction of sp³-hybridized carbons (Fsp3) is 0.235. The van der Waals surface area contributed by atoms with E-state index in [-0.39, 0.29) is 18.0 Å². The normalized spacial score (nSPS) is 13.7. The van der Waals surface area contributed by atoms with Crippen molar-refractivity contribution in [3.05, 3.63) is 52.5 Å². The van der Waals surface area contributed by atoms with E-state index >= 15 is 0 Å². The third-order valence-electron chi connectivity index (χ3n) is 3.42. The molecule has 1 aliphatic heterocycles. The number of ether oxygens (including phenoxy) is 2. The second kappa shape index (κ2) is 7.27. The highest BCUT2D eigenvalue weighted by atomic mass is 79.9. The number of thioether (sulfide) groups is 1. The molecule has 0 radical (unpaired) electrons. The lowest BCUT2D eigenvalue weighted by molar-refractivity contribution is -0.115. The van der Waals surface area contributed by atoms with Crippen LogP contribution in [0.1, 0.15) is 12.5 Å². The van der Waals surface area contributed by atoms with E-state index in [1.807, 2.05) is 25.1 Å². The first kappa shape index (κ1) is 16.2. The Labute approximate surface area is 147 Å². The topological polar surface area (TPSA) is 47.6 Å². The number of hydrogen-bond acceptors (Lipinski definition) is 4. The number of halogens is 1. The summed E-state index contributed by atoms with van der Waals surface area (Å²) in [5.41, 5.74) is 1.91. The first-order chi connectivity index (χ1) is 11.1. The molecule has 1 atom stereocenters. The molecule has 4 nitrogen and oxygen atoms in total. The van der Waals surface area contributed by atoms with Crippen LogP contribution in [0.3, 0.4) is 0 Å². The van der Waals surface area contributed by atoms with E-state index in [2.05, 4.69) is 33.4 Å². The molecule has 0 saturated carbocycles. The maximum Gasteiger partial charge on any atom is 0.237 e. The van der Waals surface area contributed by atoms with E-state index in [1.54, 1.807) is 23.9 Å². The van der Waals surface area contributed by atoms with Crippen molar-refractivity contribution >= 4 is 39.3 Å². The molecule has 23 heavy (non-hydrogen) atoms. The molecule has 1 N–H and O–H groups in total. The molecule has 1 heterocycles. The lowest BCUT2D eigenvalue weighted by Gasteiger charge is -2.12. The van der Waals surface area contributed by atoms with Crippen molar-refractivity contribution in [2.45, 2.75) is 17.9 Å². The molecule has 3 rings (SSSR count). The Kier molecular flexibility index (Phi) is 5.13. The summed E-state index contributed by atoms with van der Waals surface area (Å²) in [4.78, 5) is 12.3. The van der Waals surface area contributed by atoms with Crippen LogP contribution >= 0.6 is 27.7 Å². The number of nitrogens with one attached hydrogen (secondary N) is 1. The highest BCUT2D eigenvalue weighted by molar-refractivity contribution is 9.10. The first-order valence-electron chi connectivity index (χ1n) is 7.18. The Hall–Kier alpha value is -1.66. The molecule has 0 aliphatic carbocycles. The van der Waals surface area contributed by atoms with Gasteiger partial charge in [-0.15, -0.1) is 11.8 Å². The van der Waals surface area contributed by atoms with Gasteiger partial charge in [-0.3, -0.25) is 4.79 Å². The van der Waals surface area contributed by atoms with Gasteiger partial charge in [-0.05, 0) is 36.8 Å². The van der Waals surface area contributed by atoms with Crippen molar-refractivity contribution in [2.24, 2.45) is 0 Å². The van der Waals surface area contributed by atoms with Gasteiger partial charge in [-0.1, -0.05) is 28.1 Å². The van der Waals surface area contributed by atoms with Crippen LogP contribution in [0.15, 0.2) is 46.9 Å². The van der Waals surface area contributed by atoms with E-state index in [9.17, 15) is 4.79 Å². The second-order valence-electron chi connectivity index (χ2n) is 5.14. The number of fused-ring (bicyclic) bond motifs is 1. The highest BCUT2D eigenvalue weighted by Crippen LogP contribution is 2.34. The molecule has 0 bridgehead atoms. The van der Waals surface area contributed by atoms with Crippen LogP contribution in [0, 0.1) is 0 Å². The Morgan fingerprint density at radius 3 is 2.74 bits per heavy atom. The predicted molar refractivity (Wildman–Crippen MR) is 96.1 cm³/mol. The number of amides is 1. The van der Waals surface area contributed by atoms with Crippen LogP contribution in [-0.4, -0.2) is 18.0 Å². The molecule has 0 spiro atoms. The summed E-state index contributed by atoms with van der Waals surface area (Å²) < 4.78 is 11.6. The van der Waals surface area contributed by atoms with Crippen molar-refractivity contribution in [2.75, 3.05) is 12.1 Å². The van der Waals surface area contributed by atoms with Gasteiger partial charge < -0.3 is 14.8 Å². The lowest BCUT2D eigenvalue weighted by atomic mass is 10.2. The van der Waals surface area contributed by atoms with Crippen molar-refractivity contribution in [1.29, 1.82) is 0 Å². The Bertz CT molecular complexity index is 705. The quantitative estimate of drug-likeness (QED) is 0.815. The first-order valence-corrected chi connectivity index (χ1v) is 9.02. The SMILES string of the molecule is C[C@@H](SCc1ccc(Br)cc1)C(=O)Nc1ccc2c(c1)OCO2. The van der Waals surface area contributed by atoms with Crippen LogP contribution in [0.25, 0.3) is 0 Å². The molecule has 6 heteroatoms. The average Bonchev–Trinajstić information content (AvgIpc) is 3.01. The average molecular weight is 394 g/mol. The van der Waals surface area contributed by atoms with Gasteiger partial charge in [0.2, 0.25) is 12.7 Å². The molecule has 1 aliphatic rings. The van der Waals surface area contributed by atoms with Crippen LogP contribution in [-0.2, 0) is 10.5 Å². The summed E-state index contributed by atoms with van der Waals surface area (Å²) in [5, 5.41) is 2.76. The molecule has 2 aromatic carbocycles. The lowest BCUT2D eigenvalue weighted by Crippen LogP contribution is -2.22. The molecule has 0 unspecified atom stereocenters. The smallest absolute Gasteiger partial charge is 0.237 e. The number of anilines is 1. The molecular formula is C17H16BrNO3S. The molecular weight excluding hydrogens is 378 g/mol. The van der Waals surface area contributed by atoms with Gasteiger partial charge in [0.05, 0.1) is 5.25 Å². The zero-order valence-corrected chi connectivity index (χ0v) is 14.9. The molecule has 120 valence electrons. The monoisotopic (exact) mass is 393 g/mol. The van der Waals surface area contributed by atoms with Crippen LogP contribution in [0.5, 0.6) is 11.5 Å². The summed E-state index contributed by atoms with van der Waals surface area (Å²) in [5.74, 6) is 2.15. The van der Waals surface area contributed by atoms with Gasteiger partial charge in [-0.25, -0.2) is 0 Å². The number of benzene rings is 2. The van der Waals surface area contributed by atoms with Gasteiger partial charge in [-0.2, -0.15) is 0 Å². The molecule has 0 saturated heterocycles. The minimum absolute atomic E-state index is 0.0222. The third kappa shape index (κ3) is 4.20. The summed E-state index contributed by atoms with van der Waals surface area (Å²) in [6, 6.07) is 13.5. The van der Waals surface area contributed by atoms with E-state index in [0.717, 1.165) is 15.9 Å². The maximum absolute atomic E-state index is 12.3. The van der Waals surface area contributed by atoms with Crippen molar-refractivity contribution < 1.29 is 14.3 Å². The van der Waals surface area contributed by atoms with Crippen LogP contribution < -0.4 is 14.8 Å². The van der Waals surface area contributed by atoms with Crippen LogP contribution in [0.2, 0.25) is 0 Å². The zero-order valence-electron chi connectivity index (χ0n) is 12.5. The standard InChI is InChI=1S/C17H16BrNO3S/c1-11(23-9-12-2-4-13(18)5-3-12)17(20)19-14-6-7-15-16(8-14)22-10-21-15/h2-8,11H,9-10H2,1H3,(H,19,20)/t11-/m1/s1. The number of rotatable bonds is 5. The van der Waals surface area contributed by atoms with Gasteiger partial charge in [0.1, 0.15) is 0 Å². The molecule has 1 amide bonds. The van der Waals surface area contributed by atoms with Crippen LogP contribution in [0.4, 0.5) is 5.69 Å². The predicted octanol–water partition coefficient (Wildman–Crippen LogP) is 4.44. The molecule has 2 aromatic rings. The van der Waals surface area contributed by atoms with E-state index in [4.69, 9.17) is 9.47 Å². The minimum Gasteiger partial charge on any atom is -0.454 e. The fourth-order valence-electron chi connectivity index (χ4n) is 2.10. The van der Waals surface area contributed by atoms with Crippen molar-refractivity contribution in [1.82, 2.24) is 0 Å². The number of carbonyl (C=O) groups excluding carboxylic acids is 1. The molecule has 0 fully saturated rings. The maximum atomic E-state index is 12.3. The number of carbonyl (C=O) groups is 1. The highest BCUT2D eigenvalue weighted by Gasteiger charge is 2.17. The largest absolute Gasteiger partial charge is 0.454 e. The summed E-state index contributed by atoms with van der Waals surface area (Å²) in [6.45, 7) is 2.14. The van der Waals surface area contributed by atoms with Gasteiger partial charge in [0.15, 0.2) is 11.5 Å². The zero-order chi connectivity index (χ0) is 16.2. The second-order valence-corrected chi connectivity index (χ2v) is 7.38. The van der Waals surface area contributed by atoms with E-state index in [1.165, 1.54) is 5.56 Å². The Morgan fingerprint density at radius 2 is 1.96 bits per heavy atom. The summed E-state index contributed by atoms with van der Waals surface area (Å²) >= 11 is 5.02. The summed E-state index contributed by atoms with van der Waals surface area (Å²) in [7, 11) is 0. The Morgan fingerprint density at radius 1 is 1.22 bits per heavy atom. The van der Waals surface area contributed by atoms with E-state index in [0.29, 0.717) is 11.5 Å². The molecule has 0 aromatic heterocycles. The minimum atomic E-state index is -0.149. The third-order valence-corrected chi connectivity index (χ3v) is 5.17. The van der Waals surface area contributed by atoms with Crippen molar-refractivity contribution in [3.8, 4) is 11.5 Å². The van der Waals surface area contributed by atoms with E-state index < -0.39 is 0 Å². The van der Waals surface area contributed by atoms with Gasteiger partial charge in [0.25, 0.3) is 0 Å². The fourth-order valence-corrected chi connectivity index (χ4v) is 3.21. The van der Waals surface area contributed by atoms with Crippen molar-refractivity contribution in [3.63, 3.8) is 0 Å². The van der Waals surface area contributed by atoms with Gasteiger partial charge in [0, 0.05) is 22.0 Å². The van der Waals surface area contributed by atoms with Gasteiger partial charge >= 0.3 is 0 Å².